The van der Waals surface area contributed by atoms with E-state index in [-0.39, 0.29) is 11.8 Å². The first-order chi connectivity index (χ1) is 14.1. The van der Waals surface area contributed by atoms with Gasteiger partial charge < -0.3 is 15.5 Å². The van der Waals surface area contributed by atoms with E-state index in [1.165, 1.54) is 12.8 Å². The Morgan fingerprint density at radius 1 is 1.21 bits per heavy atom. The van der Waals surface area contributed by atoms with E-state index in [9.17, 15) is 9.59 Å². The fraction of sp³-hybridized carbons (Fsp3) is 0.591. The van der Waals surface area contributed by atoms with Gasteiger partial charge in [-0.05, 0) is 50.8 Å². The molecule has 0 radical (unpaired) electrons. The molecule has 1 aliphatic carbocycles. The lowest BCUT2D eigenvalue weighted by Crippen LogP contribution is -2.58. The minimum absolute atomic E-state index is 0.0615. The number of fused-ring (bicyclic) bond motifs is 1. The number of carbonyl (C=O) groups excluding carboxylic acids is 2. The fourth-order valence-electron chi connectivity index (χ4n) is 4.58. The number of aromatic nitrogens is 2. The van der Waals surface area contributed by atoms with Gasteiger partial charge in [0.1, 0.15) is 5.54 Å². The highest BCUT2D eigenvalue weighted by Gasteiger charge is 2.43. The summed E-state index contributed by atoms with van der Waals surface area (Å²) in [5.41, 5.74) is 0.341. The SMILES string of the molecule is CC1CCN(CCNC(=O)C2(NC(=O)c3n[nH]c4ccccc34)CCCC2)CC1. The van der Waals surface area contributed by atoms with E-state index >= 15 is 0 Å². The van der Waals surface area contributed by atoms with Gasteiger partial charge in [0.25, 0.3) is 5.91 Å². The van der Waals surface area contributed by atoms with E-state index in [1.807, 2.05) is 24.3 Å². The normalized spacial score (nSPS) is 20.0. The maximum absolute atomic E-state index is 13.1. The van der Waals surface area contributed by atoms with E-state index in [4.69, 9.17) is 0 Å². The molecular formula is C22H31N5O2. The number of piperidine rings is 1. The van der Waals surface area contributed by atoms with Crippen molar-refractivity contribution in [2.24, 2.45) is 5.92 Å². The molecule has 4 rings (SSSR count). The molecule has 1 aromatic heterocycles. The number of hydrogen-bond acceptors (Lipinski definition) is 4. The van der Waals surface area contributed by atoms with Crippen LogP contribution in [-0.4, -0.2) is 58.6 Å². The number of benzene rings is 1. The summed E-state index contributed by atoms with van der Waals surface area (Å²) in [6.07, 6.45) is 5.69. The minimum Gasteiger partial charge on any atom is -0.353 e. The predicted octanol–water partition coefficient (Wildman–Crippen LogP) is 2.45. The highest BCUT2D eigenvalue weighted by molar-refractivity contribution is 6.06. The fourth-order valence-corrected chi connectivity index (χ4v) is 4.58. The lowest BCUT2D eigenvalue weighted by atomic mass is 9.95. The van der Waals surface area contributed by atoms with Crippen molar-refractivity contribution in [1.29, 1.82) is 0 Å². The zero-order chi connectivity index (χ0) is 20.3. The summed E-state index contributed by atoms with van der Waals surface area (Å²) in [7, 11) is 0. The molecule has 0 atom stereocenters. The Hall–Kier alpha value is -2.41. The van der Waals surface area contributed by atoms with Crippen molar-refractivity contribution >= 4 is 22.7 Å². The van der Waals surface area contributed by atoms with Gasteiger partial charge in [-0.25, -0.2) is 0 Å². The Morgan fingerprint density at radius 2 is 1.93 bits per heavy atom. The van der Waals surface area contributed by atoms with Crippen molar-refractivity contribution < 1.29 is 9.59 Å². The van der Waals surface area contributed by atoms with E-state index < -0.39 is 5.54 Å². The molecular weight excluding hydrogens is 366 g/mol. The molecule has 3 N–H and O–H groups in total. The van der Waals surface area contributed by atoms with Crippen molar-refractivity contribution in [3.8, 4) is 0 Å². The number of likely N-dealkylation sites (tertiary alicyclic amines) is 1. The molecule has 2 fully saturated rings. The molecule has 1 aliphatic heterocycles. The van der Waals surface area contributed by atoms with Gasteiger partial charge >= 0.3 is 0 Å². The molecule has 7 nitrogen and oxygen atoms in total. The van der Waals surface area contributed by atoms with Gasteiger partial charge in [0.15, 0.2) is 5.69 Å². The summed E-state index contributed by atoms with van der Waals surface area (Å²) in [5.74, 6) is 0.453. The van der Waals surface area contributed by atoms with Gasteiger partial charge in [0.2, 0.25) is 5.91 Å². The third-order valence-corrected chi connectivity index (χ3v) is 6.52. The highest BCUT2D eigenvalue weighted by atomic mass is 16.2. The average molecular weight is 398 g/mol. The number of carbonyl (C=O) groups is 2. The molecule has 2 amide bonds. The first-order valence-corrected chi connectivity index (χ1v) is 10.8. The van der Waals surface area contributed by atoms with Gasteiger partial charge in [0, 0.05) is 18.5 Å². The summed E-state index contributed by atoms with van der Waals surface area (Å²) in [4.78, 5) is 28.4. The van der Waals surface area contributed by atoms with Gasteiger partial charge in [-0.1, -0.05) is 38.0 Å². The molecule has 156 valence electrons. The summed E-state index contributed by atoms with van der Waals surface area (Å²) in [6.45, 7) is 5.99. The maximum atomic E-state index is 13.1. The monoisotopic (exact) mass is 397 g/mol. The van der Waals surface area contributed by atoms with Crippen LogP contribution in [0.5, 0.6) is 0 Å². The number of nitrogens with zero attached hydrogens (tertiary/aromatic N) is 2. The number of nitrogens with one attached hydrogen (secondary N) is 3. The lowest BCUT2D eigenvalue weighted by Gasteiger charge is -2.32. The Bertz CT molecular complexity index is 863. The zero-order valence-electron chi connectivity index (χ0n) is 17.2. The summed E-state index contributed by atoms with van der Waals surface area (Å²) < 4.78 is 0. The summed E-state index contributed by atoms with van der Waals surface area (Å²) >= 11 is 0. The molecule has 29 heavy (non-hydrogen) atoms. The Morgan fingerprint density at radius 3 is 2.69 bits per heavy atom. The van der Waals surface area contributed by atoms with Crippen LogP contribution in [0.15, 0.2) is 24.3 Å². The van der Waals surface area contributed by atoms with Crippen LogP contribution in [0.25, 0.3) is 10.9 Å². The third-order valence-electron chi connectivity index (χ3n) is 6.52. The van der Waals surface area contributed by atoms with Gasteiger partial charge in [-0.2, -0.15) is 5.10 Å². The molecule has 1 aromatic carbocycles. The van der Waals surface area contributed by atoms with Crippen LogP contribution in [-0.2, 0) is 4.79 Å². The smallest absolute Gasteiger partial charge is 0.273 e. The molecule has 2 aromatic rings. The van der Waals surface area contributed by atoms with Crippen LogP contribution in [0.1, 0.15) is 55.9 Å². The van der Waals surface area contributed by atoms with E-state index in [0.29, 0.717) is 25.1 Å². The van der Waals surface area contributed by atoms with E-state index in [2.05, 4.69) is 32.7 Å². The van der Waals surface area contributed by atoms with E-state index in [0.717, 1.165) is 49.3 Å². The standard InChI is InChI=1S/C22H31N5O2/c1-16-8-13-27(14-9-16)15-12-23-21(29)22(10-4-5-11-22)24-20(28)19-17-6-2-3-7-18(17)25-26-19/h2-3,6-7,16H,4-5,8-15H2,1H3,(H,23,29)(H,24,28)(H,25,26). The Balaban J connectivity index is 1.38. The Labute approximate surface area is 171 Å². The second-order valence-corrected chi connectivity index (χ2v) is 8.64. The molecule has 0 unspecified atom stereocenters. The first-order valence-electron chi connectivity index (χ1n) is 10.8. The van der Waals surface area contributed by atoms with Crippen molar-refractivity contribution in [2.45, 2.75) is 51.0 Å². The van der Waals surface area contributed by atoms with Crippen LogP contribution in [0.3, 0.4) is 0 Å². The lowest BCUT2D eigenvalue weighted by molar-refractivity contribution is -0.127. The summed E-state index contributed by atoms with van der Waals surface area (Å²) in [5, 5.41) is 14.0. The molecule has 7 heteroatoms. The number of amides is 2. The Kier molecular flexibility index (Phi) is 5.85. The first kappa shape index (κ1) is 19.9. The van der Waals surface area contributed by atoms with Crippen LogP contribution < -0.4 is 10.6 Å². The molecule has 2 heterocycles. The van der Waals surface area contributed by atoms with Crippen molar-refractivity contribution in [3.63, 3.8) is 0 Å². The molecule has 0 spiro atoms. The number of rotatable bonds is 6. The van der Waals surface area contributed by atoms with Crippen molar-refractivity contribution in [1.82, 2.24) is 25.7 Å². The molecule has 1 saturated heterocycles. The van der Waals surface area contributed by atoms with Crippen LogP contribution in [0, 0.1) is 5.92 Å². The number of aromatic amines is 1. The van der Waals surface area contributed by atoms with Crippen molar-refractivity contribution in [3.05, 3.63) is 30.0 Å². The second-order valence-electron chi connectivity index (χ2n) is 8.64. The van der Waals surface area contributed by atoms with Crippen molar-refractivity contribution in [2.75, 3.05) is 26.2 Å². The average Bonchev–Trinajstić information content (AvgIpc) is 3.37. The largest absolute Gasteiger partial charge is 0.353 e. The highest BCUT2D eigenvalue weighted by Crippen LogP contribution is 2.30. The van der Waals surface area contributed by atoms with Gasteiger partial charge in [-0.3, -0.25) is 14.7 Å². The number of para-hydroxylation sites is 1. The van der Waals surface area contributed by atoms with Gasteiger partial charge in [-0.15, -0.1) is 0 Å². The quantitative estimate of drug-likeness (QED) is 0.698. The number of hydrogen-bond donors (Lipinski definition) is 3. The molecule has 0 bridgehead atoms. The van der Waals surface area contributed by atoms with Crippen LogP contribution >= 0.6 is 0 Å². The zero-order valence-corrected chi connectivity index (χ0v) is 17.2. The topological polar surface area (TPSA) is 90.1 Å². The second kappa shape index (κ2) is 8.53. The minimum atomic E-state index is -0.826. The predicted molar refractivity (Wildman–Crippen MR) is 113 cm³/mol. The molecule has 1 saturated carbocycles. The number of H-pyrrole nitrogens is 1. The molecule has 2 aliphatic rings. The summed E-state index contributed by atoms with van der Waals surface area (Å²) in [6, 6.07) is 7.54. The van der Waals surface area contributed by atoms with E-state index in [1.54, 1.807) is 0 Å². The van der Waals surface area contributed by atoms with Gasteiger partial charge in [0.05, 0.1) is 5.52 Å². The van der Waals surface area contributed by atoms with Crippen LogP contribution in [0.2, 0.25) is 0 Å². The third kappa shape index (κ3) is 4.29. The maximum Gasteiger partial charge on any atom is 0.273 e. The van der Waals surface area contributed by atoms with Crippen LogP contribution in [0.4, 0.5) is 0 Å².